The fraction of sp³-hybridized carbons (Fsp3) is 0.652. The van der Waals surface area contributed by atoms with Crippen molar-refractivity contribution in [2.45, 2.75) is 57.4 Å². The third kappa shape index (κ3) is 4.65. The van der Waals surface area contributed by atoms with E-state index in [-0.39, 0.29) is 29.7 Å². The fourth-order valence-electron chi connectivity index (χ4n) is 5.03. The highest BCUT2D eigenvalue weighted by atomic mass is 16.2. The van der Waals surface area contributed by atoms with Gasteiger partial charge in [0.2, 0.25) is 17.7 Å². The molecule has 7 heteroatoms. The first-order valence-corrected chi connectivity index (χ1v) is 11.4. The van der Waals surface area contributed by atoms with Crippen molar-refractivity contribution in [2.24, 2.45) is 5.92 Å². The number of aromatic nitrogens is 1. The molecule has 0 bridgehead atoms. The second kappa shape index (κ2) is 9.58. The molecule has 7 nitrogen and oxygen atoms in total. The van der Waals surface area contributed by atoms with Gasteiger partial charge >= 0.3 is 0 Å². The maximum absolute atomic E-state index is 13.2. The van der Waals surface area contributed by atoms with Crippen LogP contribution in [0.15, 0.2) is 24.4 Å². The van der Waals surface area contributed by atoms with E-state index in [0.717, 1.165) is 44.2 Å². The van der Waals surface area contributed by atoms with Crippen LogP contribution in [0, 0.1) is 5.92 Å². The third-order valence-electron chi connectivity index (χ3n) is 6.78. The second-order valence-corrected chi connectivity index (χ2v) is 8.73. The van der Waals surface area contributed by atoms with E-state index in [4.69, 9.17) is 0 Å². The van der Waals surface area contributed by atoms with Crippen LogP contribution in [0.4, 0.5) is 0 Å². The SMILES string of the molecule is O=C(Cc1ccccn1)N1CCN(C(=O)C2CCCN2C(=O)C2CCCCC2)CC1. The van der Waals surface area contributed by atoms with Crippen molar-refractivity contribution in [2.75, 3.05) is 32.7 Å². The number of likely N-dealkylation sites (tertiary alicyclic amines) is 1. The smallest absolute Gasteiger partial charge is 0.245 e. The summed E-state index contributed by atoms with van der Waals surface area (Å²) in [4.78, 5) is 48.5. The Balaban J connectivity index is 1.30. The Kier molecular flexibility index (Phi) is 6.65. The Morgan fingerprint density at radius 2 is 1.57 bits per heavy atom. The molecule has 30 heavy (non-hydrogen) atoms. The summed E-state index contributed by atoms with van der Waals surface area (Å²) in [5.74, 6) is 0.409. The minimum atomic E-state index is -0.310. The van der Waals surface area contributed by atoms with E-state index in [2.05, 4.69) is 4.98 Å². The predicted molar refractivity (Wildman–Crippen MR) is 112 cm³/mol. The first-order valence-electron chi connectivity index (χ1n) is 11.4. The summed E-state index contributed by atoms with van der Waals surface area (Å²) in [5.41, 5.74) is 0.767. The number of carbonyl (C=O) groups is 3. The van der Waals surface area contributed by atoms with Gasteiger partial charge in [-0.05, 0) is 37.8 Å². The molecule has 3 amide bonds. The minimum Gasteiger partial charge on any atom is -0.339 e. The normalized spacial score (nSPS) is 22.9. The molecular formula is C23H32N4O3. The van der Waals surface area contributed by atoms with Gasteiger partial charge in [0, 0.05) is 50.5 Å². The standard InChI is InChI=1S/C23H32N4O3/c28-21(17-19-9-4-5-11-24-19)25-13-15-26(16-14-25)23(30)20-10-6-12-27(20)22(29)18-7-2-1-3-8-18/h4-5,9,11,18,20H,1-3,6-8,10,12-17H2. The summed E-state index contributed by atoms with van der Waals surface area (Å²) in [6.45, 7) is 2.86. The van der Waals surface area contributed by atoms with Gasteiger partial charge in [-0.3, -0.25) is 19.4 Å². The molecule has 0 N–H and O–H groups in total. The zero-order valence-corrected chi connectivity index (χ0v) is 17.7. The van der Waals surface area contributed by atoms with Crippen LogP contribution >= 0.6 is 0 Å². The first kappa shape index (κ1) is 20.8. The van der Waals surface area contributed by atoms with E-state index in [1.807, 2.05) is 32.9 Å². The van der Waals surface area contributed by atoms with Crippen molar-refractivity contribution in [3.63, 3.8) is 0 Å². The molecule has 1 unspecified atom stereocenters. The van der Waals surface area contributed by atoms with E-state index in [0.29, 0.717) is 39.1 Å². The van der Waals surface area contributed by atoms with Gasteiger partial charge in [-0.15, -0.1) is 0 Å². The highest BCUT2D eigenvalue weighted by Crippen LogP contribution is 2.29. The molecule has 3 fully saturated rings. The van der Waals surface area contributed by atoms with Gasteiger partial charge in [0.1, 0.15) is 6.04 Å². The molecule has 1 aromatic rings. The number of hydrogen-bond donors (Lipinski definition) is 0. The zero-order chi connectivity index (χ0) is 20.9. The van der Waals surface area contributed by atoms with Gasteiger partial charge in [-0.2, -0.15) is 0 Å². The summed E-state index contributed by atoms with van der Waals surface area (Å²) in [7, 11) is 0. The average Bonchev–Trinajstić information content (AvgIpc) is 3.29. The lowest BCUT2D eigenvalue weighted by atomic mass is 9.88. The average molecular weight is 413 g/mol. The van der Waals surface area contributed by atoms with Crippen LogP contribution in [0.2, 0.25) is 0 Å². The van der Waals surface area contributed by atoms with Gasteiger partial charge < -0.3 is 14.7 Å². The molecule has 3 aliphatic rings. The van der Waals surface area contributed by atoms with E-state index in [9.17, 15) is 14.4 Å². The van der Waals surface area contributed by atoms with Gasteiger partial charge in [0.05, 0.1) is 6.42 Å². The van der Waals surface area contributed by atoms with Crippen molar-refractivity contribution >= 4 is 17.7 Å². The maximum atomic E-state index is 13.2. The van der Waals surface area contributed by atoms with E-state index in [1.54, 1.807) is 6.20 Å². The van der Waals surface area contributed by atoms with Crippen molar-refractivity contribution in [1.29, 1.82) is 0 Å². The molecule has 0 aromatic carbocycles. The van der Waals surface area contributed by atoms with Crippen LogP contribution in [0.5, 0.6) is 0 Å². The molecule has 2 saturated heterocycles. The highest BCUT2D eigenvalue weighted by molar-refractivity contribution is 5.89. The fourth-order valence-corrected chi connectivity index (χ4v) is 5.03. The summed E-state index contributed by atoms with van der Waals surface area (Å²) >= 11 is 0. The lowest BCUT2D eigenvalue weighted by Gasteiger charge is -2.38. The molecular weight excluding hydrogens is 380 g/mol. The Hall–Kier alpha value is -2.44. The van der Waals surface area contributed by atoms with Gasteiger partial charge in [0.25, 0.3) is 0 Å². The molecule has 0 spiro atoms. The van der Waals surface area contributed by atoms with Crippen molar-refractivity contribution < 1.29 is 14.4 Å². The number of nitrogens with zero attached hydrogens (tertiary/aromatic N) is 4. The van der Waals surface area contributed by atoms with Crippen LogP contribution in [-0.2, 0) is 20.8 Å². The number of carbonyl (C=O) groups excluding carboxylic acids is 3. The monoisotopic (exact) mass is 412 g/mol. The van der Waals surface area contributed by atoms with E-state index < -0.39 is 0 Å². The maximum Gasteiger partial charge on any atom is 0.245 e. The summed E-state index contributed by atoms with van der Waals surface area (Å²) in [5, 5.41) is 0. The molecule has 1 aliphatic carbocycles. The van der Waals surface area contributed by atoms with E-state index in [1.165, 1.54) is 6.42 Å². The van der Waals surface area contributed by atoms with Gasteiger partial charge in [-0.25, -0.2) is 0 Å². The van der Waals surface area contributed by atoms with Crippen LogP contribution in [-0.4, -0.2) is 76.2 Å². The molecule has 1 saturated carbocycles. The molecule has 1 aromatic heterocycles. The number of hydrogen-bond acceptors (Lipinski definition) is 4. The van der Waals surface area contributed by atoms with Crippen molar-refractivity contribution in [3.05, 3.63) is 30.1 Å². The number of rotatable bonds is 4. The largest absolute Gasteiger partial charge is 0.339 e. The molecule has 3 heterocycles. The summed E-state index contributed by atoms with van der Waals surface area (Å²) in [6.07, 6.45) is 9.04. The molecule has 1 atom stereocenters. The minimum absolute atomic E-state index is 0.0516. The number of amides is 3. The first-order chi connectivity index (χ1) is 14.6. The topological polar surface area (TPSA) is 73.8 Å². The molecule has 162 valence electrons. The Bertz CT molecular complexity index is 755. The molecule has 4 rings (SSSR count). The third-order valence-corrected chi connectivity index (χ3v) is 6.78. The van der Waals surface area contributed by atoms with Crippen LogP contribution < -0.4 is 0 Å². The number of pyridine rings is 1. The predicted octanol–water partition coefficient (Wildman–Crippen LogP) is 1.87. The van der Waals surface area contributed by atoms with E-state index >= 15 is 0 Å². The van der Waals surface area contributed by atoms with Crippen molar-refractivity contribution in [1.82, 2.24) is 19.7 Å². The highest BCUT2D eigenvalue weighted by Gasteiger charge is 2.39. The lowest BCUT2D eigenvalue weighted by Crippen LogP contribution is -2.56. The van der Waals surface area contributed by atoms with Crippen LogP contribution in [0.25, 0.3) is 0 Å². The lowest BCUT2D eigenvalue weighted by molar-refractivity contribution is -0.148. The Labute approximate surface area is 178 Å². The van der Waals surface area contributed by atoms with Crippen LogP contribution in [0.1, 0.15) is 50.6 Å². The van der Waals surface area contributed by atoms with Crippen LogP contribution in [0.3, 0.4) is 0 Å². The molecule has 2 aliphatic heterocycles. The van der Waals surface area contributed by atoms with Crippen molar-refractivity contribution in [3.8, 4) is 0 Å². The summed E-state index contributed by atoms with van der Waals surface area (Å²) < 4.78 is 0. The number of piperazine rings is 1. The van der Waals surface area contributed by atoms with Gasteiger partial charge in [0.15, 0.2) is 0 Å². The van der Waals surface area contributed by atoms with Gasteiger partial charge in [-0.1, -0.05) is 25.3 Å². The Morgan fingerprint density at radius 1 is 0.833 bits per heavy atom. The Morgan fingerprint density at radius 3 is 2.27 bits per heavy atom. The summed E-state index contributed by atoms with van der Waals surface area (Å²) in [6, 6.07) is 5.27. The quantitative estimate of drug-likeness (QED) is 0.757. The zero-order valence-electron chi connectivity index (χ0n) is 17.7. The second-order valence-electron chi connectivity index (χ2n) is 8.73. The molecule has 0 radical (unpaired) electrons.